The molecule has 0 saturated carbocycles. The highest BCUT2D eigenvalue weighted by Crippen LogP contribution is 2.37. The lowest BCUT2D eigenvalue weighted by Crippen LogP contribution is -2.32. The van der Waals surface area contributed by atoms with E-state index < -0.39 is 0 Å². The standard InChI is InChI=1S/C20H21N3O2/c1-22(10-6-14-4-7-21-8-5-14)20(25)17-11-15-3-2-9-23-18(24)13-16(12-17)19(15)23/h4-5,7-8,11-12H,2-3,6,9-10,13H2,1H3. The third-order valence-electron chi connectivity index (χ3n) is 5.09. The molecule has 2 aromatic rings. The fraction of sp³-hybridized carbons (Fsp3) is 0.350. The minimum absolute atomic E-state index is 0.0181. The van der Waals surface area contributed by atoms with Gasteiger partial charge in [0, 0.05) is 38.1 Å². The third-order valence-corrected chi connectivity index (χ3v) is 5.09. The Hall–Kier alpha value is -2.69. The minimum atomic E-state index is 0.0181. The van der Waals surface area contributed by atoms with Crippen molar-refractivity contribution < 1.29 is 9.59 Å². The Labute approximate surface area is 147 Å². The molecule has 1 aromatic heterocycles. The quantitative estimate of drug-likeness (QED) is 0.861. The first-order valence-electron chi connectivity index (χ1n) is 8.74. The van der Waals surface area contributed by atoms with Gasteiger partial charge in [-0.3, -0.25) is 14.6 Å². The minimum Gasteiger partial charge on any atom is -0.341 e. The van der Waals surface area contributed by atoms with Gasteiger partial charge in [-0.05, 0) is 60.2 Å². The molecule has 2 amide bonds. The Morgan fingerprint density at radius 2 is 2.00 bits per heavy atom. The van der Waals surface area contributed by atoms with Crippen LogP contribution in [-0.4, -0.2) is 41.8 Å². The first-order chi connectivity index (χ1) is 12.1. The normalized spacial score (nSPS) is 15.2. The zero-order valence-electron chi connectivity index (χ0n) is 14.4. The number of aromatic nitrogens is 1. The van der Waals surface area contributed by atoms with E-state index in [0.29, 0.717) is 18.5 Å². The molecule has 0 spiro atoms. The van der Waals surface area contributed by atoms with Gasteiger partial charge in [-0.25, -0.2) is 0 Å². The predicted molar refractivity (Wildman–Crippen MR) is 95.7 cm³/mol. The van der Waals surface area contributed by atoms with Gasteiger partial charge < -0.3 is 9.80 Å². The Bertz CT molecular complexity index is 832. The largest absolute Gasteiger partial charge is 0.341 e. The number of carbonyl (C=O) groups excluding carboxylic acids is 2. The zero-order chi connectivity index (χ0) is 17.4. The summed E-state index contributed by atoms with van der Waals surface area (Å²) < 4.78 is 0. The van der Waals surface area contributed by atoms with Crippen LogP contribution in [0.2, 0.25) is 0 Å². The van der Waals surface area contributed by atoms with Crippen LogP contribution in [0.25, 0.3) is 0 Å². The Morgan fingerprint density at radius 3 is 2.80 bits per heavy atom. The number of likely N-dealkylation sites (N-methyl/N-ethyl adjacent to an activating group) is 1. The summed E-state index contributed by atoms with van der Waals surface area (Å²) >= 11 is 0. The molecular weight excluding hydrogens is 314 g/mol. The molecule has 0 saturated heterocycles. The van der Waals surface area contributed by atoms with Crippen LogP contribution in [0.1, 0.15) is 33.5 Å². The summed E-state index contributed by atoms with van der Waals surface area (Å²) in [5.74, 6) is 0.177. The van der Waals surface area contributed by atoms with Crippen LogP contribution < -0.4 is 4.90 Å². The zero-order valence-corrected chi connectivity index (χ0v) is 14.4. The summed E-state index contributed by atoms with van der Waals surface area (Å²) in [5, 5.41) is 0. The average Bonchev–Trinajstić information content (AvgIpc) is 2.97. The molecule has 128 valence electrons. The summed E-state index contributed by atoms with van der Waals surface area (Å²) in [5.41, 5.74) is 5.07. The molecule has 4 rings (SSSR count). The van der Waals surface area contributed by atoms with Crippen molar-refractivity contribution in [3.8, 4) is 0 Å². The number of hydrogen-bond acceptors (Lipinski definition) is 3. The topological polar surface area (TPSA) is 53.5 Å². The second-order valence-electron chi connectivity index (χ2n) is 6.80. The highest BCUT2D eigenvalue weighted by molar-refractivity contribution is 6.04. The van der Waals surface area contributed by atoms with Gasteiger partial charge in [-0.2, -0.15) is 0 Å². The molecule has 25 heavy (non-hydrogen) atoms. The molecule has 0 bridgehead atoms. The van der Waals surface area contributed by atoms with E-state index in [9.17, 15) is 9.59 Å². The molecular formula is C20H21N3O2. The van der Waals surface area contributed by atoms with E-state index >= 15 is 0 Å². The van der Waals surface area contributed by atoms with E-state index in [-0.39, 0.29) is 11.8 Å². The SMILES string of the molecule is CN(CCc1ccncc1)C(=O)c1cc2c3c(c1)CC(=O)N3CCC2. The molecule has 5 heteroatoms. The van der Waals surface area contributed by atoms with Crippen LogP contribution in [-0.2, 0) is 24.1 Å². The van der Waals surface area contributed by atoms with Crippen molar-refractivity contribution in [1.29, 1.82) is 0 Å². The lowest BCUT2D eigenvalue weighted by Gasteiger charge is -2.26. The number of amides is 2. The summed E-state index contributed by atoms with van der Waals surface area (Å²) in [6, 6.07) is 7.83. The van der Waals surface area contributed by atoms with E-state index in [2.05, 4.69) is 4.98 Å². The fourth-order valence-corrected chi connectivity index (χ4v) is 3.77. The molecule has 2 aliphatic heterocycles. The third kappa shape index (κ3) is 2.90. The van der Waals surface area contributed by atoms with Gasteiger partial charge in [0.1, 0.15) is 0 Å². The lowest BCUT2D eigenvalue weighted by molar-refractivity contribution is -0.117. The van der Waals surface area contributed by atoms with Crippen molar-refractivity contribution >= 4 is 17.5 Å². The molecule has 0 N–H and O–H groups in total. The first kappa shape index (κ1) is 15.8. The molecule has 0 atom stereocenters. The van der Waals surface area contributed by atoms with Crippen molar-refractivity contribution in [2.24, 2.45) is 0 Å². The molecule has 0 unspecified atom stereocenters. The number of anilines is 1. The second kappa shape index (κ2) is 6.31. The molecule has 1 aromatic carbocycles. The smallest absolute Gasteiger partial charge is 0.253 e. The number of pyridine rings is 1. The number of aryl methyl sites for hydroxylation is 1. The van der Waals surface area contributed by atoms with Crippen LogP contribution in [0.3, 0.4) is 0 Å². The lowest BCUT2D eigenvalue weighted by atomic mass is 9.96. The van der Waals surface area contributed by atoms with E-state index in [1.165, 1.54) is 5.56 Å². The van der Waals surface area contributed by atoms with Gasteiger partial charge in [-0.15, -0.1) is 0 Å². The van der Waals surface area contributed by atoms with Gasteiger partial charge >= 0.3 is 0 Å². The predicted octanol–water partition coefficient (Wildman–Crippen LogP) is 2.23. The van der Waals surface area contributed by atoms with E-state index in [4.69, 9.17) is 0 Å². The number of carbonyl (C=O) groups is 2. The number of benzene rings is 1. The number of hydrogen-bond donors (Lipinski definition) is 0. The number of nitrogens with zero attached hydrogens (tertiary/aromatic N) is 3. The summed E-state index contributed by atoms with van der Waals surface area (Å²) in [4.78, 5) is 32.6. The molecule has 0 aliphatic carbocycles. The van der Waals surface area contributed by atoms with E-state index in [1.807, 2.05) is 36.2 Å². The summed E-state index contributed by atoms with van der Waals surface area (Å²) in [6.07, 6.45) is 6.66. The monoisotopic (exact) mass is 335 g/mol. The molecule has 0 radical (unpaired) electrons. The Morgan fingerprint density at radius 1 is 1.24 bits per heavy atom. The van der Waals surface area contributed by atoms with Crippen molar-refractivity contribution in [2.45, 2.75) is 25.7 Å². The summed E-state index contributed by atoms with van der Waals surface area (Å²) in [6.45, 7) is 1.46. The fourth-order valence-electron chi connectivity index (χ4n) is 3.77. The van der Waals surface area contributed by atoms with Gasteiger partial charge in [0.2, 0.25) is 5.91 Å². The van der Waals surface area contributed by atoms with Crippen molar-refractivity contribution in [3.63, 3.8) is 0 Å². The van der Waals surface area contributed by atoms with Gasteiger partial charge in [-0.1, -0.05) is 0 Å². The average molecular weight is 335 g/mol. The number of rotatable bonds is 4. The highest BCUT2D eigenvalue weighted by atomic mass is 16.2. The second-order valence-corrected chi connectivity index (χ2v) is 6.80. The first-order valence-corrected chi connectivity index (χ1v) is 8.74. The van der Waals surface area contributed by atoms with Gasteiger partial charge in [0.15, 0.2) is 0 Å². The van der Waals surface area contributed by atoms with Crippen LogP contribution in [0.15, 0.2) is 36.7 Å². The summed E-state index contributed by atoms with van der Waals surface area (Å²) in [7, 11) is 1.83. The van der Waals surface area contributed by atoms with Gasteiger partial charge in [0.05, 0.1) is 12.1 Å². The molecule has 3 heterocycles. The van der Waals surface area contributed by atoms with Crippen molar-refractivity contribution in [1.82, 2.24) is 9.88 Å². The van der Waals surface area contributed by atoms with Crippen LogP contribution >= 0.6 is 0 Å². The van der Waals surface area contributed by atoms with E-state index in [1.54, 1.807) is 17.3 Å². The molecule has 0 fully saturated rings. The maximum atomic E-state index is 12.8. The van der Waals surface area contributed by atoms with Crippen molar-refractivity contribution in [2.75, 3.05) is 25.0 Å². The maximum absolute atomic E-state index is 12.8. The maximum Gasteiger partial charge on any atom is 0.253 e. The van der Waals surface area contributed by atoms with E-state index in [0.717, 1.165) is 42.6 Å². The Balaban J connectivity index is 1.53. The molecule has 5 nitrogen and oxygen atoms in total. The Kier molecular flexibility index (Phi) is 3.99. The van der Waals surface area contributed by atoms with Gasteiger partial charge in [0.25, 0.3) is 5.91 Å². The molecule has 2 aliphatic rings. The van der Waals surface area contributed by atoms with Crippen LogP contribution in [0.4, 0.5) is 5.69 Å². The highest BCUT2D eigenvalue weighted by Gasteiger charge is 2.33. The van der Waals surface area contributed by atoms with Crippen LogP contribution in [0, 0.1) is 0 Å². The van der Waals surface area contributed by atoms with Crippen LogP contribution in [0.5, 0.6) is 0 Å². The van der Waals surface area contributed by atoms with Crippen molar-refractivity contribution in [3.05, 3.63) is 58.9 Å².